The van der Waals surface area contributed by atoms with Crippen LogP contribution in [-0.2, 0) is 4.79 Å². The Kier molecular flexibility index (Phi) is 6.36. The molecule has 1 saturated carbocycles. The van der Waals surface area contributed by atoms with Gasteiger partial charge in [-0.1, -0.05) is 12.8 Å². The van der Waals surface area contributed by atoms with Crippen molar-refractivity contribution in [2.75, 3.05) is 13.1 Å². The molecule has 0 aromatic heterocycles. The van der Waals surface area contributed by atoms with E-state index < -0.39 is 30.2 Å². The minimum Gasteiger partial charge on any atom is -0.349 e. The lowest BCUT2D eigenvalue weighted by Gasteiger charge is -2.27. The smallest absolute Gasteiger partial charge is 0.324 e. The lowest BCUT2D eigenvalue weighted by molar-refractivity contribution is -0.142. The van der Waals surface area contributed by atoms with Gasteiger partial charge in [0.2, 0.25) is 5.91 Å². The summed E-state index contributed by atoms with van der Waals surface area (Å²) < 4.78 is 49.0. The number of rotatable bonds is 5. The maximum Gasteiger partial charge on any atom is 0.324 e. The zero-order valence-electron chi connectivity index (χ0n) is 9.73. The van der Waals surface area contributed by atoms with Crippen LogP contribution in [-0.4, -0.2) is 31.3 Å². The van der Waals surface area contributed by atoms with Crippen molar-refractivity contribution < 1.29 is 22.4 Å². The maximum atomic E-state index is 12.6. The number of carbonyl (C=O) groups excluding carboxylic acids is 1. The van der Waals surface area contributed by atoms with Gasteiger partial charge in [-0.2, -0.15) is 8.78 Å². The molecule has 18 heavy (non-hydrogen) atoms. The highest BCUT2D eigenvalue weighted by atomic mass is 35.5. The van der Waals surface area contributed by atoms with E-state index in [-0.39, 0.29) is 19.0 Å². The van der Waals surface area contributed by atoms with Gasteiger partial charge >= 0.3 is 12.3 Å². The van der Waals surface area contributed by atoms with Crippen molar-refractivity contribution in [1.29, 1.82) is 0 Å². The predicted octanol–water partition coefficient (Wildman–Crippen LogP) is 1.94. The third-order valence-electron chi connectivity index (χ3n) is 3.24. The summed E-state index contributed by atoms with van der Waals surface area (Å²) in [5.74, 6) is -4.83. The average Bonchev–Trinajstić information content (AvgIpc) is 2.75. The first-order valence-electron chi connectivity index (χ1n) is 5.48. The molecular formula is C10H17ClF4N2O. The minimum absolute atomic E-state index is 0. The molecule has 0 unspecified atom stereocenters. The SMILES string of the molecule is Cl.NCC1(C(=O)NCC(F)(F)C(F)F)CCCC1. The Morgan fingerprint density at radius 2 is 1.83 bits per heavy atom. The molecule has 0 aromatic carbocycles. The Morgan fingerprint density at radius 3 is 2.22 bits per heavy atom. The Hall–Kier alpha value is -0.560. The van der Waals surface area contributed by atoms with Gasteiger partial charge in [-0.15, -0.1) is 12.4 Å². The monoisotopic (exact) mass is 292 g/mol. The lowest BCUT2D eigenvalue weighted by atomic mass is 9.85. The van der Waals surface area contributed by atoms with Crippen LogP contribution in [0.25, 0.3) is 0 Å². The predicted molar refractivity (Wildman–Crippen MR) is 61.2 cm³/mol. The molecule has 0 saturated heterocycles. The van der Waals surface area contributed by atoms with E-state index in [0.717, 1.165) is 12.8 Å². The number of alkyl halides is 4. The van der Waals surface area contributed by atoms with Gasteiger partial charge in [-0.3, -0.25) is 4.79 Å². The van der Waals surface area contributed by atoms with E-state index in [1.54, 1.807) is 0 Å². The molecule has 0 atom stereocenters. The summed E-state index contributed by atoms with van der Waals surface area (Å²) in [7, 11) is 0. The summed E-state index contributed by atoms with van der Waals surface area (Å²) >= 11 is 0. The number of halogens is 5. The fourth-order valence-corrected chi connectivity index (χ4v) is 2.04. The molecule has 0 aromatic rings. The summed E-state index contributed by atoms with van der Waals surface area (Å²) in [5.41, 5.74) is 4.62. The Labute approximate surface area is 109 Å². The van der Waals surface area contributed by atoms with Crippen molar-refractivity contribution in [1.82, 2.24) is 5.32 Å². The number of hydrogen-bond donors (Lipinski definition) is 2. The number of amides is 1. The van der Waals surface area contributed by atoms with Crippen LogP contribution in [0.1, 0.15) is 25.7 Å². The van der Waals surface area contributed by atoms with Crippen molar-refractivity contribution in [3.05, 3.63) is 0 Å². The quantitative estimate of drug-likeness (QED) is 0.761. The second-order valence-electron chi connectivity index (χ2n) is 4.44. The molecule has 0 heterocycles. The summed E-state index contributed by atoms with van der Waals surface area (Å²) in [6.07, 6.45) is -1.13. The Morgan fingerprint density at radius 1 is 1.33 bits per heavy atom. The number of hydrogen-bond acceptors (Lipinski definition) is 2. The standard InChI is InChI=1S/C10H16F4N2O.ClH/c11-7(12)10(13,14)6-16-8(17)9(5-15)3-1-2-4-9;/h7H,1-6,15H2,(H,16,17);1H. The first-order chi connectivity index (χ1) is 7.84. The third-order valence-corrected chi connectivity index (χ3v) is 3.24. The van der Waals surface area contributed by atoms with Crippen LogP contribution in [0.15, 0.2) is 0 Å². The molecular weight excluding hydrogens is 276 g/mol. The average molecular weight is 293 g/mol. The van der Waals surface area contributed by atoms with Gasteiger partial charge in [-0.05, 0) is 12.8 Å². The molecule has 8 heteroatoms. The number of nitrogens with two attached hydrogens (primary N) is 1. The molecule has 3 N–H and O–H groups in total. The van der Waals surface area contributed by atoms with Gasteiger partial charge in [0.15, 0.2) is 0 Å². The second-order valence-corrected chi connectivity index (χ2v) is 4.44. The fourth-order valence-electron chi connectivity index (χ4n) is 2.04. The molecule has 1 amide bonds. The summed E-state index contributed by atoms with van der Waals surface area (Å²) in [4.78, 5) is 11.7. The van der Waals surface area contributed by atoms with Crippen LogP contribution in [0, 0.1) is 5.41 Å². The molecule has 0 spiro atoms. The highest BCUT2D eigenvalue weighted by Gasteiger charge is 2.44. The van der Waals surface area contributed by atoms with Gasteiger partial charge in [0.25, 0.3) is 0 Å². The van der Waals surface area contributed by atoms with E-state index in [9.17, 15) is 22.4 Å². The number of nitrogens with one attached hydrogen (secondary N) is 1. The van der Waals surface area contributed by atoms with E-state index in [1.165, 1.54) is 0 Å². The van der Waals surface area contributed by atoms with Crippen molar-refractivity contribution in [2.24, 2.45) is 11.1 Å². The Balaban J connectivity index is 0.00000289. The highest BCUT2D eigenvalue weighted by molar-refractivity contribution is 5.85. The van der Waals surface area contributed by atoms with Gasteiger partial charge < -0.3 is 11.1 Å². The van der Waals surface area contributed by atoms with Gasteiger partial charge in [0, 0.05) is 6.54 Å². The zero-order valence-corrected chi connectivity index (χ0v) is 10.5. The lowest BCUT2D eigenvalue weighted by Crippen LogP contribution is -2.49. The molecule has 1 rings (SSSR count). The molecule has 1 fully saturated rings. The van der Waals surface area contributed by atoms with Crippen LogP contribution >= 0.6 is 12.4 Å². The normalized spacial score (nSPS) is 18.6. The maximum absolute atomic E-state index is 12.6. The largest absolute Gasteiger partial charge is 0.349 e. The van der Waals surface area contributed by atoms with E-state index in [2.05, 4.69) is 0 Å². The minimum atomic E-state index is -4.19. The molecule has 108 valence electrons. The molecule has 0 aliphatic heterocycles. The topological polar surface area (TPSA) is 55.1 Å². The Bertz CT molecular complexity index is 283. The van der Waals surface area contributed by atoms with Crippen LogP contribution in [0.5, 0.6) is 0 Å². The van der Waals surface area contributed by atoms with Gasteiger partial charge in [-0.25, -0.2) is 8.78 Å². The highest BCUT2D eigenvalue weighted by Crippen LogP contribution is 2.37. The van der Waals surface area contributed by atoms with Crippen LogP contribution in [0.3, 0.4) is 0 Å². The van der Waals surface area contributed by atoms with Gasteiger partial charge in [0.05, 0.1) is 12.0 Å². The zero-order chi connectivity index (χ0) is 13.1. The molecule has 0 radical (unpaired) electrons. The summed E-state index contributed by atoms with van der Waals surface area (Å²) in [5, 5.41) is 1.89. The van der Waals surface area contributed by atoms with Crippen LogP contribution < -0.4 is 11.1 Å². The first-order valence-corrected chi connectivity index (χ1v) is 5.48. The first kappa shape index (κ1) is 17.4. The summed E-state index contributed by atoms with van der Waals surface area (Å²) in [6.45, 7) is -1.29. The summed E-state index contributed by atoms with van der Waals surface area (Å²) in [6, 6.07) is 0. The van der Waals surface area contributed by atoms with Crippen molar-refractivity contribution in [3.8, 4) is 0 Å². The number of carbonyl (C=O) groups is 1. The van der Waals surface area contributed by atoms with Crippen LogP contribution in [0.4, 0.5) is 17.6 Å². The van der Waals surface area contributed by atoms with Gasteiger partial charge in [0.1, 0.15) is 0 Å². The molecule has 1 aliphatic carbocycles. The van der Waals surface area contributed by atoms with Crippen molar-refractivity contribution in [3.63, 3.8) is 0 Å². The van der Waals surface area contributed by atoms with Crippen molar-refractivity contribution >= 4 is 18.3 Å². The van der Waals surface area contributed by atoms with E-state index >= 15 is 0 Å². The third kappa shape index (κ3) is 3.71. The van der Waals surface area contributed by atoms with E-state index in [0.29, 0.717) is 12.8 Å². The van der Waals surface area contributed by atoms with Crippen LogP contribution in [0.2, 0.25) is 0 Å². The van der Waals surface area contributed by atoms with Crippen molar-refractivity contribution in [2.45, 2.75) is 38.0 Å². The van der Waals surface area contributed by atoms with E-state index in [1.807, 2.05) is 5.32 Å². The fraction of sp³-hybridized carbons (Fsp3) is 0.900. The molecule has 3 nitrogen and oxygen atoms in total. The van der Waals surface area contributed by atoms with E-state index in [4.69, 9.17) is 5.73 Å². The molecule has 1 aliphatic rings. The second kappa shape index (κ2) is 6.56. The molecule has 0 bridgehead atoms.